The number of nitriles is 1. The second kappa shape index (κ2) is 7.85. The molecule has 1 saturated heterocycles. The summed E-state index contributed by atoms with van der Waals surface area (Å²) in [5, 5.41) is 8.82. The van der Waals surface area contributed by atoms with Gasteiger partial charge in [-0.05, 0) is 37.0 Å². The van der Waals surface area contributed by atoms with Crippen LogP contribution in [-0.2, 0) is 0 Å². The summed E-state index contributed by atoms with van der Waals surface area (Å²) in [6.07, 6.45) is 2.68. The number of nitrogens with zero attached hydrogens (tertiary/aromatic N) is 1. The summed E-state index contributed by atoms with van der Waals surface area (Å²) < 4.78 is 0. The standard InChI is InChI=1S/C16H18N2.ClH/c1-14-5-3-9-18(13-14)10-4-8-15-6-2-7-16(11-15)12-17;/h2,6-7,11,14H,3,5,9-10,13H2,1H3;1H. The van der Waals surface area contributed by atoms with Crippen molar-refractivity contribution in [3.8, 4) is 17.9 Å². The van der Waals surface area contributed by atoms with E-state index in [2.05, 4.69) is 24.8 Å². The van der Waals surface area contributed by atoms with E-state index in [1.165, 1.54) is 25.9 Å². The Labute approximate surface area is 121 Å². The third-order valence-electron chi connectivity index (χ3n) is 3.43. The molecular formula is C16H19ClN2. The molecule has 0 spiro atoms. The first-order valence-corrected chi connectivity index (χ1v) is 6.60. The van der Waals surface area contributed by atoms with E-state index in [9.17, 15) is 0 Å². The summed E-state index contributed by atoms with van der Waals surface area (Å²) in [4.78, 5) is 1.60. The van der Waals surface area contributed by atoms with Crippen LogP contribution in [0.2, 0.25) is 0 Å². The molecule has 2 nitrogen and oxygen atoms in total. The molecule has 0 amide bonds. The predicted octanol–water partition coefficient (Wildman–Crippen LogP) is -1.77. The first kappa shape index (κ1) is 15.6. The Kier molecular flexibility index (Phi) is 6.43. The van der Waals surface area contributed by atoms with Gasteiger partial charge in [-0.3, -0.25) is 0 Å². The summed E-state index contributed by atoms with van der Waals surface area (Å²) in [5.74, 6) is 7.24. The SMILES string of the molecule is CC1CCC[NH+](CC#Cc2cccc(C#N)c2)C1.[Cl-]. The Hall–Kier alpha value is -1.48. The van der Waals surface area contributed by atoms with Crippen molar-refractivity contribution in [3.05, 3.63) is 35.4 Å². The second-order valence-electron chi connectivity index (χ2n) is 5.12. The van der Waals surface area contributed by atoms with E-state index in [1.807, 2.05) is 24.3 Å². The Balaban J connectivity index is 0.00000180. The maximum atomic E-state index is 8.82. The molecule has 1 aromatic rings. The number of likely N-dealkylation sites (tertiary alicyclic amines) is 1. The molecule has 1 heterocycles. The average molecular weight is 275 g/mol. The Bertz CT molecular complexity index is 507. The highest BCUT2D eigenvalue weighted by molar-refractivity contribution is 5.41. The van der Waals surface area contributed by atoms with Crippen molar-refractivity contribution in [1.82, 2.24) is 0 Å². The van der Waals surface area contributed by atoms with Crippen LogP contribution in [0.4, 0.5) is 0 Å². The highest BCUT2D eigenvalue weighted by Gasteiger charge is 2.17. The maximum absolute atomic E-state index is 8.82. The van der Waals surface area contributed by atoms with E-state index in [1.54, 1.807) is 4.90 Å². The van der Waals surface area contributed by atoms with Crippen LogP contribution in [0.1, 0.15) is 30.9 Å². The first-order chi connectivity index (χ1) is 8.78. The van der Waals surface area contributed by atoms with Gasteiger partial charge in [0.25, 0.3) is 0 Å². The van der Waals surface area contributed by atoms with Crippen molar-refractivity contribution in [2.45, 2.75) is 19.8 Å². The molecular weight excluding hydrogens is 256 g/mol. The van der Waals surface area contributed by atoms with Crippen molar-refractivity contribution in [2.24, 2.45) is 5.92 Å². The predicted molar refractivity (Wildman–Crippen MR) is 72.0 cm³/mol. The molecule has 1 aliphatic rings. The van der Waals surface area contributed by atoms with Gasteiger partial charge in [-0.25, -0.2) is 0 Å². The summed E-state index contributed by atoms with van der Waals surface area (Å²) in [7, 11) is 0. The third-order valence-corrected chi connectivity index (χ3v) is 3.43. The summed E-state index contributed by atoms with van der Waals surface area (Å²) in [6.45, 7) is 5.73. The largest absolute Gasteiger partial charge is 1.00 e. The lowest BCUT2D eigenvalue weighted by Gasteiger charge is -2.26. The number of hydrogen-bond acceptors (Lipinski definition) is 1. The molecule has 0 aliphatic carbocycles. The molecule has 0 bridgehead atoms. The normalized spacial score (nSPS) is 21.5. The van der Waals surface area contributed by atoms with Gasteiger partial charge in [0, 0.05) is 11.5 Å². The van der Waals surface area contributed by atoms with Crippen molar-refractivity contribution in [1.29, 1.82) is 5.26 Å². The van der Waals surface area contributed by atoms with E-state index >= 15 is 0 Å². The summed E-state index contributed by atoms with van der Waals surface area (Å²) in [5.41, 5.74) is 1.62. The second-order valence-corrected chi connectivity index (χ2v) is 5.12. The van der Waals surface area contributed by atoms with Gasteiger partial charge >= 0.3 is 0 Å². The van der Waals surface area contributed by atoms with Crippen LogP contribution in [-0.4, -0.2) is 19.6 Å². The van der Waals surface area contributed by atoms with Crippen LogP contribution < -0.4 is 17.3 Å². The fourth-order valence-corrected chi connectivity index (χ4v) is 2.50. The van der Waals surface area contributed by atoms with Gasteiger partial charge in [0.2, 0.25) is 0 Å². The fraction of sp³-hybridized carbons (Fsp3) is 0.438. The minimum atomic E-state index is 0. The average Bonchev–Trinajstić information content (AvgIpc) is 2.39. The molecule has 100 valence electrons. The third kappa shape index (κ3) is 4.95. The number of quaternary nitrogens is 1. The van der Waals surface area contributed by atoms with Crippen LogP contribution in [0.5, 0.6) is 0 Å². The van der Waals surface area contributed by atoms with E-state index in [0.717, 1.165) is 18.0 Å². The monoisotopic (exact) mass is 274 g/mol. The molecule has 1 aromatic carbocycles. The Morgan fingerprint density at radius 2 is 2.16 bits per heavy atom. The lowest BCUT2D eigenvalue weighted by molar-refractivity contribution is -0.901. The van der Waals surface area contributed by atoms with E-state index in [0.29, 0.717) is 5.56 Å². The van der Waals surface area contributed by atoms with E-state index in [4.69, 9.17) is 5.26 Å². The number of rotatable bonds is 1. The zero-order chi connectivity index (χ0) is 12.8. The molecule has 1 N–H and O–H groups in total. The fourth-order valence-electron chi connectivity index (χ4n) is 2.50. The maximum Gasteiger partial charge on any atom is 0.139 e. The van der Waals surface area contributed by atoms with E-state index in [-0.39, 0.29) is 12.4 Å². The number of nitrogens with one attached hydrogen (secondary N) is 1. The van der Waals surface area contributed by atoms with Crippen LogP contribution in [0.15, 0.2) is 24.3 Å². The van der Waals surface area contributed by atoms with Crippen LogP contribution in [0.25, 0.3) is 0 Å². The van der Waals surface area contributed by atoms with E-state index < -0.39 is 0 Å². The first-order valence-electron chi connectivity index (χ1n) is 6.60. The van der Waals surface area contributed by atoms with Gasteiger partial charge < -0.3 is 17.3 Å². The highest BCUT2D eigenvalue weighted by Crippen LogP contribution is 2.04. The molecule has 0 radical (unpaired) electrons. The number of piperidine rings is 1. The van der Waals surface area contributed by atoms with Crippen molar-refractivity contribution < 1.29 is 17.3 Å². The molecule has 0 aromatic heterocycles. The minimum absolute atomic E-state index is 0. The Morgan fingerprint density at radius 3 is 2.89 bits per heavy atom. The van der Waals surface area contributed by atoms with Gasteiger partial charge in [-0.2, -0.15) is 5.26 Å². The van der Waals surface area contributed by atoms with Crippen LogP contribution in [0, 0.1) is 29.1 Å². The van der Waals surface area contributed by atoms with Crippen molar-refractivity contribution >= 4 is 0 Å². The molecule has 2 rings (SSSR count). The molecule has 2 atom stereocenters. The summed E-state index contributed by atoms with van der Waals surface area (Å²) in [6, 6.07) is 9.64. The number of halogens is 1. The molecule has 19 heavy (non-hydrogen) atoms. The highest BCUT2D eigenvalue weighted by atomic mass is 35.5. The lowest BCUT2D eigenvalue weighted by atomic mass is 10.0. The van der Waals surface area contributed by atoms with Gasteiger partial charge in [-0.1, -0.05) is 18.9 Å². The molecule has 1 aliphatic heterocycles. The van der Waals surface area contributed by atoms with Gasteiger partial charge in [0.05, 0.1) is 24.7 Å². The molecule has 1 fully saturated rings. The minimum Gasteiger partial charge on any atom is -1.00 e. The van der Waals surface area contributed by atoms with Gasteiger partial charge in [0.15, 0.2) is 0 Å². The topological polar surface area (TPSA) is 28.2 Å². The number of benzene rings is 1. The molecule has 3 heteroatoms. The summed E-state index contributed by atoms with van der Waals surface area (Å²) >= 11 is 0. The smallest absolute Gasteiger partial charge is 0.139 e. The quantitative estimate of drug-likeness (QED) is 0.603. The zero-order valence-corrected chi connectivity index (χ0v) is 12.0. The van der Waals surface area contributed by atoms with Gasteiger partial charge in [0.1, 0.15) is 6.54 Å². The lowest BCUT2D eigenvalue weighted by Crippen LogP contribution is -3.13. The van der Waals surface area contributed by atoms with Crippen LogP contribution in [0.3, 0.4) is 0 Å². The van der Waals surface area contributed by atoms with Crippen molar-refractivity contribution in [3.63, 3.8) is 0 Å². The zero-order valence-electron chi connectivity index (χ0n) is 11.2. The van der Waals surface area contributed by atoms with Crippen LogP contribution >= 0.6 is 0 Å². The van der Waals surface area contributed by atoms with Gasteiger partial charge in [-0.15, -0.1) is 0 Å². The number of hydrogen-bond donors (Lipinski definition) is 1. The Morgan fingerprint density at radius 1 is 1.37 bits per heavy atom. The molecule has 0 saturated carbocycles. The molecule has 2 unspecified atom stereocenters. The van der Waals surface area contributed by atoms with Crippen molar-refractivity contribution in [2.75, 3.05) is 19.6 Å².